The van der Waals surface area contributed by atoms with Gasteiger partial charge in [0, 0.05) is 23.0 Å². The Hall–Kier alpha value is -1.57. The summed E-state index contributed by atoms with van der Waals surface area (Å²) >= 11 is 6.65. The highest BCUT2D eigenvalue weighted by atomic mass is 32.2. The van der Waals surface area contributed by atoms with Gasteiger partial charge in [0.2, 0.25) is 0 Å². The number of aromatic amines is 1. The molecule has 0 aliphatic carbocycles. The first-order valence-corrected chi connectivity index (χ1v) is 8.51. The second-order valence-electron chi connectivity index (χ2n) is 5.20. The molecule has 1 aliphatic rings. The molecule has 1 aromatic carbocycles. The van der Waals surface area contributed by atoms with Crippen LogP contribution in [0.5, 0.6) is 0 Å². The molecule has 1 aliphatic heterocycles. The number of carboxylic acid groups (broad SMARTS) is 1. The fourth-order valence-corrected chi connectivity index (χ4v) is 3.84. The summed E-state index contributed by atoms with van der Waals surface area (Å²) in [7, 11) is 0. The minimum atomic E-state index is -0.925. The van der Waals surface area contributed by atoms with E-state index in [4.69, 9.17) is 12.2 Å². The molecule has 2 atom stereocenters. The summed E-state index contributed by atoms with van der Waals surface area (Å²) in [5, 5.41) is 20.5. The SMILES string of the molecule is CSC(=S)N1[C@@H](C(=O)O)Cc2c([nH]c3ccccc23)[C@H]1CO. The summed E-state index contributed by atoms with van der Waals surface area (Å²) in [5.74, 6) is -0.925. The van der Waals surface area contributed by atoms with Crippen molar-refractivity contribution in [1.82, 2.24) is 9.88 Å². The van der Waals surface area contributed by atoms with E-state index in [-0.39, 0.29) is 6.61 Å². The monoisotopic (exact) mass is 336 g/mol. The van der Waals surface area contributed by atoms with Crippen LogP contribution in [0.25, 0.3) is 10.9 Å². The maximum Gasteiger partial charge on any atom is 0.326 e. The number of carbonyl (C=O) groups is 1. The van der Waals surface area contributed by atoms with Crippen molar-refractivity contribution in [1.29, 1.82) is 0 Å². The quantitative estimate of drug-likeness (QED) is 0.730. The highest BCUT2D eigenvalue weighted by Crippen LogP contribution is 2.38. The van der Waals surface area contributed by atoms with Gasteiger partial charge in [0.1, 0.15) is 10.4 Å². The second kappa shape index (κ2) is 5.91. The molecule has 3 N–H and O–H groups in total. The lowest BCUT2D eigenvalue weighted by Gasteiger charge is -2.40. The summed E-state index contributed by atoms with van der Waals surface area (Å²) in [4.78, 5) is 16.7. The maximum atomic E-state index is 11.7. The fraction of sp³-hybridized carbons (Fsp3) is 0.333. The predicted octanol–water partition coefficient (Wildman–Crippen LogP) is 2.16. The fourth-order valence-electron chi connectivity index (χ4n) is 3.12. The number of carboxylic acids is 1. The van der Waals surface area contributed by atoms with E-state index in [1.165, 1.54) is 11.8 Å². The minimum absolute atomic E-state index is 0.190. The van der Waals surface area contributed by atoms with E-state index in [2.05, 4.69) is 4.98 Å². The van der Waals surface area contributed by atoms with E-state index >= 15 is 0 Å². The highest BCUT2D eigenvalue weighted by Gasteiger charge is 2.40. The number of rotatable bonds is 2. The van der Waals surface area contributed by atoms with Gasteiger partial charge in [-0.15, -0.1) is 11.8 Å². The Balaban J connectivity index is 2.19. The van der Waals surface area contributed by atoms with Crippen LogP contribution in [0.2, 0.25) is 0 Å². The Kier molecular flexibility index (Phi) is 4.12. The molecule has 3 rings (SSSR count). The molecular formula is C15H16N2O3S2. The van der Waals surface area contributed by atoms with Crippen molar-refractivity contribution in [3.63, 3.8) is 0 Å². The molecule has 0 radical (unpaired) electrons. The zero-order valence-corrected chi connectivity index (χ0v) is 13.6. The average Bonchev–Trinajstić information content (AvgIpc) is 2.90. The van der Waals surface area contributed by atoms with E-state index in [0.29, 0.717) is 10.7 Å². The van der Waals surface area contributed by atoms with Crippen LogP contribution in [0, 0.1) is 0 Å². The number of nitrogens with zero attached hydrogens (tertiary/aromatic N) is 1. The molecule has 0 amide bonds. The van der Waals surface area contributed by atoms with E-state index in [9.17, 15) is 15.0 Å². The molecule has 0 saturated carbocycles. The number of para-hydroxylation sites is 1. The van der Waals surface area contributed by atoms with E-state index < -0.39 is 18.1 Å². The smallest absolute Gasteiger partial charge is 0.326 e. The van der Waals surface area contributed by atoms with Crippen LogP contribution in [-0.2, 0) is 11.2 Å². The summed E-state index contributed by atoms with van der Waals surface area (Å²) in [5.41, 5.74) is 2.77. The summed E-state index contributed by atoms with van der Waals surface area (Å²) in [6.45, 7) is -0.190. The molecule has 22 heavy (non-hydrogen) atoms. The van der Waals surface area contributed by atoms with Gasteiger partial charge in [-0.1, -0.05) is 30.4 Å². The molecule has 116 valence electrons. The predicted molar refractivity (Wildman–Crippen MR) is 91.2 cm³/mol. The number of aliphatic hydroxyl groups excluding tert-OH is 1. The number of hydrogen-bond donors (Lipinski definition) is 3. The van der Waals surface area contributed by atoms with Crippen molar-refractivity contribution in [3.8, 4) is 0 Å². The normalized spacial score (nSPS) is 20.9. The van der Waals surface area contributed by atoms with Crippen molar-refractivity contribution in [3.05, 3.63) is 35.5 Å². The molecule has 0 bridgehead atoms. The molecule has 0 saturated heterocycles. The number of hydrogen-bond acceptors (Lipinski definition) is 4. The van der Waals surface area contributed by atoms with Gasteiger partial charge in [0.15, 0.2) is 0 Å². The van der Waals surface area contributed by atoms with Gasteiger partial charge in [0.05, 0.1) is 12.6 Å². The average molecular weight is 336 g/mol. The number of aliphatic carboxylic acids is 1. The Bertz CT molecular complexity index is 743. The lowest BCUT2D eigenvalue weighted by molar-refractivity contribution is -0.142. The van der Waals surface area contributed by atoms with Gasteiger partial charge in [-0.3, -0.25) is 0 Å². The molecule has 1 aromatic heterocycles. The maximum absolute atomic E-state index is 11.7. The Morgan fingerprint density at radius 2 is 2.23 bits per heavy atom. The van der Waals surface area contributed by atoms with Gasteiger partial charge in [-0.05, 0) is 17.9 Å². The number of aromatic nitrogens is 1. The second-order valence-corrected chi connectivity index (χ2v) is 6.64. The van der Waals surface area contributed by atoms with E-state index in [0.717, 1.165) is 22.2 Å². The molecule has 2 heterocycles. The van der Waals surface area contributed by atoms with Crippen molar-refractivity contribution in [2.24, 2.45) is 0 Å². The molecular weight excluding hydrogens is 320 g/mol. The number of thioether (sulfide) groups is 1. The van der Waals surface area contributed by atoms with Crippen molar-refractivity contribution < 1.29 is 15.0 Å². The molecule has 2 aromatic rings. The van der Waals surface area contributed by atoms with Gasteiger partial charge in [-0.2, -0.15) is 0 Å². The number of aliphatic hydroxyl groups is 1. The summed E-state index contributed by atoms with van der Waals surface area (Å²) in [6.07, 6.45) is 2.18. The van der Waals surface area contributed by atoms with Crippen LogP contribution in [0.3, 0.4) is 0 Å². The molecule has 0 unspecified atom stereocenters. The lowest BCUT2D eigenvalue weighted by atomic mass is 9.92. The van der Waals surface area contributed by atoms with Gasteiger partial charge < -0.3 is 20.1 Å². The van der Waals surface area contributed by atoms with Crippen molar-refractivity contribution in [2.75, 3.05) is 12.9 Å². The Morgan fingerprint density at radius 1 is 1.50 bits per heavy atom. The first-order chi connectivity index (χ1) is 10.6. The third kappa shape index (κ3) is 2.29. The van der Waals surface area contributed by atoms with Gasteiger partial charge >= 0.3 is 5.97 Å². The molecule has 0 spiro atoms. The lowest BCUT2D eigenvalue weighted by Crippen LogP contribution is -2.50. The van der Waals surface area contributed by atoms with Gasteiger partial charge in [0.25, 0.3) is 0 Å². The molecule has 5 nitrogen and oxygen atoms in total. The first-order valence-electron chi connectivity index (χ1n) is 6.88. The number of H-pyrrole nitrogens is 1. The first kappa shape index (κ1) is 15.3. The number of benzene rings is 1. The zero-order valence-electron chi connectivity index (χ0n) is 11.9. The number of thiocarbonyl (C=S) groups is 1. The highest BCUT2D eigenvalue weighted by molar-refractivity contribution is 8.22. The van der Waals surface area contributed by atoms with Crippen molar-refractivity contribution in [2.45, 2.75) is 18.5 Å². The van der Waals surface area contributed by atoms with Crippen LogP contribution < -0.4 is 0 Å². The standard InChI is InChI=1S/C15H16N2O3S2/c1-22-15(21)17-11(14(19)20)6-9-8-4-2-3-5-10(8)16-13(9)12(17)7-18/h2-5,11-12,16,18H,6-7H2,1H3,(H,19,20)/t11-,12-/m1/s1. The summed E-state index contributed by atoms with van der Waals surface area (Å²) in [6, 6.07) is 6.56. The number of fused-ring (bicyclic) bond motifs is 3. The number of nitrogens with one attached hydrogen (secondary N) is 1. The van der Waals surface area contributed by atoms with Crippen LogP contribution in [0.15, 0.2) is 24.3 Å². The molecule has 0 fully saturated rings. The third-order valence-corrected chi connectivity index (χ3v) is 5.36. The van der Waals surface area contributed by atoms with Crippen LogP contribution in [0.4, 0.5) is 0 Å². The minimum Gasteiger partial charge on any atom is -0.480 e. The van der Waals surface area contributed by atoms with E-state index in [1.807, 2.05) is 30.5 Å². The van der Waals surface area contributed by atoms with Gasteiger partial charge in [-0.25, -0.2) is 4.79 Å². The summed E-state index contributed by atoms with van der Waals surface area (Å²) < 4.78 is 0.482. The van der Waals surface area contributed by atoms with E-state index in [1.54, 1.807) is 4.90 Å². The third-order valence-electron chi connectivity index (χ3n) is 4.09. The van der Waals surface area contributed by atoms with Crippen LogP contribution in [-0.4, -0.2) is 49.3 Å². The topological polar surface area (TPSA) is 76.6 Å². The Morgan fingerprint density at radius 3 is 2.86 bits per heavy atom. The van der Waals surface area contributed by atoms with Crippen molar-refractivity contribution >= 4 is 45.2 Å². The molecule has 7 heteroatoms. The zero-order chi connectivity index (χ0) is 15.9. The van der Waals surface area contributed by atoms with Crippen LogP contribution in [0.1, 0.15) is 17.3 Å². The van der Waals surface area contributed by atoms with Crippen LogP contribution >= 0.6 is 24.0 Å². The Labute approximate surface area is 137 Å². The largest absolute Gasteiger partial charge is 0.480 e.